The fourth-order valence-corrected chi connectivity index (χ4v) is 2.92. The normalized spacial score (nSPS) is 12.4. The van der Waals surface area contributed by atoms with Crippen molar-refractivity contribution in [3.8, 4) is 0 Å². The van der Waals surface area contributed by atoms with Gasteiger partial charge in [0.05, 0.1) is 5.25 Å². The highest BCUT2D eigenvalue weighted by Gasteiger charge is 2.12. The molecule has 0 aromatic heterocycles. The monoisotopic (exact) mass is 224 g/mol. The van der Waals surface area contributed by atoms with Crippen LogP contribution in [0.3, 0.4) is 0 Å². The number of hydrogen-bond donors (Lipinski definition) is 0. The van der Waals surface area contributed by atoms with Crippen molar-refractivity contribution in [2.24, 2.45) is 0 Å². The van der Waals surface area contributed by atoms with Crippen molar-refractivity contribution in [3.63, 3.8) is 0 Å². The number of hydrogen-bond acceptors (Lipinski definition) is 2. The average Bonchev–Trinajstić information content (AvgIpc) is 2.21. The molecule has 0 saturated carbocycles. The first-order valence-electron chi connectivity index (χ1n) is 4.54. The van der Waals surface area contributed by atoms with Crippen molar-refractivity contribution in [3.05, 3.63) is 48.0 Å². The Labute approximate surface area is 95.2 Å². The Bertz CT molecular complexity index is 280. The summed E-state index contributed by atoms with van der Waals surface area (Å²) in [6, 6.07) is 10.6. The lowest BCUT2D eigenvalue weighted by molar-refractivity contribution is 1.13. The van der Waals surface area contributed by atoms with Gasteiger partial charge in [-0.25, -0.2) is 0 Å². The topological polar surface area (TPSA) is 0 Å². The van der Waals surface area contributed by atoms with Crippen LogP contribution in [-0.4, -0.2) is 18.3 Å². The first-order chi connectivity index (χ1) is 6.79. The second kappa shape index (κ2) is 6.20. The summed E-state index contributed by atoms with van der Waals surface area (Å²) in [5.74, 6) is 1.04. The highest BCUT2D eigenvalue weighted by atomic mass is 32.2. The second-order valence-corrected chi connectivity index (χ2v) is 4.93. The molecule has 0 aliphatic rings. The van der Waals surface area contributed by atoms with Crippen molar-refractivity contribution in [1.82, 2.24) is 0 Å². The molecule has 2 heteroatoms. The molecule has 1 atom stereocenters. The molecule has 0 aliphatic heterocycles. The molecule has 0 spiro atoms. The minimum Gasteiger partial charge on any atom is -0.161 e. The molecule has 1 aromatic rings. The first kappa shape index (κ1) is 11.7. The standard InChI is InChI=1S/C12H16S2/c1-10(9-13-2)12(14-3)11-7-5-4-6-8-11/h4-8,12H,1,9H2,2-3H3. The van der Waals surface area contributed by atoms with Crippen molar-refractivity contribution < 1.29 is 0 Å². The molecular formula is C12H16S2. The number of rotatable bonds is 5. The maximum atomic E-state index is 4.15. The van der Waals surface area contributed by atoms with E-state index in [1.807, 2.05) is 23.5 Å². The van der Waals surface area contributed by atoms with Crippen molar-refractivity contribution in [1.29, 1.82) is 0 Å². The molecule has 0 bridgehead atoms. The van der Waals surface area contributed by atoms with Crippen LogP contribution in [0, 0.1) is 0 Å². The molecule has 0 N–H and O–H groups in total. The van der Waals surface area contributed by atoms with Gasteiger partial charge in [0.15, 0.2) is 0 Å². The first-order valence-corrected chi connectivity index (χ1v) is 7.22. The van der Waals surface area contributed by atoms with Crippen LogP contribution in [0.5, 0.6) is 0 Å². The molecule has 0 heterocycles. The van der Waals surface area contributed by atoms with E-state index in [0.717, 1.165) is 5.75 Å². The Morgan fingerprint density at radius 1 is 1.29 bits per heavy atom. The Morgan fingerprint density at radius 2 is 1.93 bits per heavy atom. The van der Waals surface area contributed by atoms with E-state index >= 15 is 0 Å². The summed E-state index contributed by atoms with van der Waals surface area (Å²) in [5, 5.41) is 0.448. The maximum Gasteiger partial charge on any atom is 0.0509 e. The molecule has 1 aromatic carbocycles. The zero-order valence-corrected chi connectivity index (χ0v) is 10.3. The molecule has 0 radical (unpaired) electrons. The molecule has 1 unspecified atom stereocenters. The van der Waals surface area contributed by atoms with Crippen molar-refractivity contribution >= 4 is 23.5 Å². The number of thioether (sulfide) groups is 2. The zero-order valence-electron chi connectivity index (χ0n) is 8.69. The third-order valence-electron chi connectivity index (χ3n) is 2.04. The van der Waals surface area contributed by atoms with Gasteiger partial charge < -0.3 is 0 Å². The SMILES string of the molecule is C=C(CSC)C(SC)c1ccccc1. The van der Waals surface area contributed by atoms with Crippen LogP contribution in [0.25, 0.3) is 0 Å². The Kier molecular flexibility index (Phi) is 5.20. The van der Waals surface area contributed by atoms with Crippen LogP contribution in [0.4, 0.5) is 0 Å². The third-order valence-corrected chi connectivity index (χ3v) is 3.77. The van der Waals surface area contributed by atoms with Gasteiger partial charge in [0, 0.05) is 5.75 Å². The van der Waals surface area contributed by atoms with Crippen LogP contribution < -0.4 is 0 Å². The summed E-state index contributed by atoms with van der Waals surface area (Å²) >= 11 is 3.69. The molecular weight excluding hydrogens is 208 g/mol. The predicted molar refractivity (Wildman–Crippen MR) is 70.2 cm³/mol. The van der Waals surface area contributed by atoms with E-state index in [-0.39, 0.29) is 0 Å². The second-order valence-electron chi connectivity index (χ2n) is 3.12. The minimum absolute atomic E-state index is 0.448. The van der Waals surface area contributed by atoms with E-state index in [2.05, 4.69) is 49.4 Å². The van der Waals surface area contributed by atoms with Crippen molar-refractivity contribution in [2.75, 3.05) is 18.3 Å². The highest BCUT2D eigenvalue weighted by Crippen LogP contribution is 2.33. The highest BCUT2D eigenvalue weighted by molar-refractivity contribution is 7.99. The molecule has 76 valence electrons. The Morgan fingerprint density at radius 3 is 2.43 bits per heavy atom. The lowest BCUT2D eigenvalue weighted by Crippen LogP contribution is -1.99. The lowest BCUT2D eigenvalue weighted by atomic mass is 10.1. The van der Waals surface area contributed by atoms with E-state index in [4.69, 9.17) is 0 Å². The molecule has 14 heavy (non-hydrogen) atoms. The van der Waals surface area contributed by atoms with Gasteiger partial charge >= 0.3 is 0 Å². The van der Waals surface area contributed by atoms with E-state index < -0.39 is 0 Å². The van der Waals surface area contributed by atoms with E-state index in [9.17, 15) is 0 Å². The average molecular weight is 224 g/mol. The number of benzene rings is 1. The van der Waals surface area contributed by atoms with E-state index in [0.29, 0.717) is 5.25 Å². The summed E-state index contributed by atoms with van der Waals surface area (Å²) in [4.78, 5) is 0. The van der Waals surface area contributed by atoms with Gasteiger partial charge in [0.1, 0.15) is 0 Å². The van der Waals surface area contributed by atoms with Gasteiger partial charge in [-0.05, 0) is 18.1 Å². The summed E-state index contributed by atoms with van der Waals surface area (Å²) in [7, 11) is 0. The summed E-state index contributed by atoms with van der Waals surface area (Å²) in [5.41, 5.74) is 2.66. The van der Waals surface area contributed by atoms with Crippen LogP contribution in [0.1, 0.15) is 10.8 Å². The fraction of sp³-hybridized carbons (Fsp3) is 0.333. The van der Waals surface area contributed by atoms with Crippen molar-refractivity contribution in [2.45, 2.75) is 5.25 Å². The molecule has 0 saturated heterocycles. The Balaban J connectivity index is 2.77. The van der Waals surface area contributed by atoms with Crippen LogP contribution >= 0.6 is 23.5 Å². The van der Waals surface area contributed by atoms with Crippen LogP contribution in [0.15, 0.2) is 42.5 Å². The van der Waals surface area contributed by atoms with Gasteiger partial charge in [0.25, 0.3) is 0 Å². The smallest absolute Gasteiger partial charge is 0.0509 e. The van der Waals surface area contributed by atoms with E-state index in [1.165, 1.54) is 11.1 Å². The van der Waals surface area contributed by atoms with Gasteiger partial charge in [-0.2, -0.15) is 23.5 Å². The third kappa shape index (κ3) is 3.10. The molecule has 0 nitrogen and oxygen atoms in total. The van der Waals surface area contributed by atoms with Gasteiger partial charge in [0.2, 0.25) is 0 Å². The predicted octanol–water partition coefficient (Wildman–Crippen LogP) is 4.01. The summed E-state index contributed by atoms with van der Waals surface area (Å²) < 4.78 is 0. The largest absolute Gasteiger partial charge is 0.161 e. The zero-order chi connectivity index (χ0) is 10.4. The van der Waals surface area contributed by atoms with Crippen LogP contribution in [0.2, 0.25) is 0 Å². The fourth-order valence-electron chi connectivity index (χ4n) is 1.43. The molecule has 1 rings (SSSR count). The van der Waals surface area contributed by atoms with Gasteiger partial charge in [-0.3, -0.25) is 0 Å². The van der Waals surface area contributed by atoms with Crippen LogP contribution in [-0.2, 0) is 0 Å². The quantitative estimate of drug-likeness (QED) is 0.693. The Hall–Kier alpha value is -0.340. The molecule has 0 fully saturated rings. The summed E-state index contributed by atoms with van der Waals surface area (Å²) in [6.07, 6.45) is 4.26. The lowest BCUT2D eigenvalue weighted by Gasteiger charge is -2.16. The maximum absolute atomic E-state index is 4.15. The van der Waals surface area contributed by atoms with E-state index in [1.54, 1.807) is 0 Å². The van der Waals surface area contributed by atoms with Gasteiger partial charge in [-0.15, -0.1) is 0 Å². The molecule has 0 amide bonds. The molecule has 0 aliphatic carbocycles. The van der Waals surface area contributed by atoms with Gasteiger partial charge in [-0.1, -0.05) is 42.5 Å². The summed E-state index contributed by atoms with van der Waals surface area (Å²) in [6.45, 7) is 4.15. The minimum atomic E-state index is 0.448.